The molecule has 0 saturated carbocycles. The van der Waals surface area contributed by atoms with Crippen LogP contribution >= 0.6 is 102 Å². The summed E-state index contributed by atoms with van der Waals surface area (Å²) < 4.78 is 8.87. The van der Waals surface area contributed by atoms with E-state index in [1.165, 1.54) is 13.8 Å². The average molecular weight is 876 g/mol. The summed E-state index contributed by atoms with van der Waals surface area (Å²) in [5.41, 5.74) is 0. The van der Waals surface area contributed by atoms with E-state index in [0.717, 1.165) is 0 Å². The van der Waals surface area contributed by atoms with Crippen LogP contribution in [0.15, 0.2) is 0 Å². The molecule has 4 N–H and O–H groups in total. The van der Waals surface area contributed by atoms with E-state index in [1.807, 2.05) is 8.93 Å². The van der Waals surface area contributed by atoms with Crippen LogP contribution in [0.1, 0.15) is 21.3 Å². The van der Waals surface area contributed by atoms with E-state index >= 15 is 0 Å². The van der Waals surface area contributed by atoms with Crippen LogP contribution < -0.4 is 0 Å². The standard InChI is InChI=1S/2C3H8O2.CH4.10ClH.H2OP2.3Zr/c2*1-3(5)2-4;;;;;;;;;;;;1-3-2;;;/h2*3-5H,2H2,1H3;1H4;10*1H;2H2;;;/q;;;;;;;;;;;;;;2*+3;+4/p-10. The first-order valence-corrected chi connectivity index (χ1v) is 39.5. The molecule has 0 heterocycles. The number of rotatable bonds is 2. The Morgan fingerprint density at radius 3 is 0.889 bits per heavy atom. The molecule has 3 atom stereocenters. The molecule has 20 heteroatoms. The summed E-state index contributed by atoms with van der Waals surface area (Å²) in [6.45, 7) is 2.78. The summed E-state index contributed by atoms with van der Waals surface area (Å²) in [5.74, 6) is 0. The van der Waals surface area contributed by atoms with Crippen LogP contribution in [0.25, 0.3) is 0 Å². The van der Waals surface area contributed by atoms with Crippen molar-refractivity contribution in [3.63, 3.8) is 0 Å². The van der Waals surface area contributed by atoms with Gasteiger partial charge in [0.1, 0.15) is 0 Å². The summed E-state index contributed by atoms with van der Waals surface area (Å²) in [6, 6.07) is 0. The van der Waals surface area contributed by atoms with E-state index in [-0.39, 0.29) is 28.8 Å². The maximum atomic E-state index is 8.87. The summed E-state index contributed by atoms with van der Waals surface area (Å²) in [6.07, 6.45) is -1.12. The Morgan fingerprint density at radius 2 is 0.889 bits per heavy atom. The van der Waals surface area contributed by atoms with Gasteiger partial charge in [-0.2, -0.15) is 0 Å². The fraction of sp³-hybridized carbons (Fsp3) is 1.00. The summed E-state index contributed by atoms with van der Waals surface area (Å²) in [7, 11) is 52.2. The van der Waals surface area contributed by atoms with Crippen LogP contribution in [-0.2, 0) is 56.4 Å². The van der Waals surface area contributed by atoms with E-state index in [0.29, 0.717) is 0 Å². The summed E-state index contributed by atoms with van der Waals surface area (Å²) in [5, 5.41) is 32.0. The van der Waals surface area contributed by atoms with Crippen LogP contribution in [0.4, 0.5) is 0 Å². The summed E-state index contributed by atoms with van der Waals surface area (Å²) in [4.78, 5) is 0. The Hall–Kier alpha value is 5.92. The van der Waals surface area contributed by atoms with Gasteiger partial charge in [-0.15, -0.1) is 0 Å². The monoisotopic (exact) mass is 867 g/mol. The van der Waals surface area contributed by atoms with Crippen molar-refractivity contribution in [3.05, 3.63) is 0 Å². The molecule has 0 aromatic rings. The van der Waals surface area contributed by atoms with Crippen LogP contribution in [0.5, 0.6) is 0 Å². The fourth-order valence-electron chi connectivity index (χ4n) is 0. The van der Waals surface area contributed by atoms with Crippen molar-refractivity contribution in [2.45, 2.75) is 33.5 Å². The molecule has 3 unspecified atom stereocenters. The second-order valence-electron chi connectivity index (χ2n) is 3.03. The van der Waals surface area contributed by atoms with Crippen molar-refractivity contribution in [3.8, 4) is 0 Å². The molecular weight excluding hydrogens is 854 g/mol. The van der Waals surface area contributed by atoms with Crippen molar-refractivity contribution in [2.24, 2.45) is 0 Å². The molecule has 0 aromatic carbocycles. The van der Waals surface area contributed by atoms with Crippen LogP contribution in [0.3, 0.4) is 0 Å². The molecule has 0 aliphatic heterocycles. The Labute approximate surface area is 221 Å². The van der Waals surface area contributed by atoms with Gasteiger partial charge in [-0.25, -0.2) is 0 Å². The number of hydrogen-bond donors (Lipinski definition) is 4. The van der Waals surface area contributed by atoms with Gasteiger partial charge in [-0.3, -0.25) is 4.57 Å². The zero-order valence-electron chi connectivity index (χ0n) is 13.1. The maximum absolute atomic E-state index is 8.87. The second-order valence-corrected chi connectivity index (χ2v) is 48.7. The van der Waals surface area contributed by atoms with Crippen molar-refractivity contribution in [2.75, 3.05) is 13.2 Å². The van der Waals surface area contributed by atoms with Gasteiger partial charge in [0.05, 0.1) is 25.4 Å². The molecule has 0 radical (unpaired) electrons. The number of hydrogen-bond acceptors (Lipinski definition) is 5. The third-order valence-corrected chi connectivity index (χ3v) is 0.528. The molecule has 5 nitrogen and oxygen atoms in total. The molecule has 0 saturated heterocycles. The quantitative estimate of drug-likeness (QED) is 0.219. The molecule has 0 rings (SSSR count). The predicted octanol–water partition coefficient (Wildman–Crippen LogP) is 7.31. The Balaban J connectivity index is -0.0000000356. The minimum atomic E-state index is -3.29. The molecule has 0 aromatic heterocycles. The third-order valence-electron chi connectivity index (χ3n) is 0.528. The Kier molecular flexibility index (Phi) is 77.9. The number of halogens is 10. The first-order chi connectivity index (χ1) is 11.4. The molecule has 0 aliphatic carbocycles. The summed E-state index contributed by atoms with van der Waals surface area (Å²) >= 11 is -7.54. The zero-order chi connectivity index (χ0) is 22.9. The van der Waals surface area contributed by atoms with Crippen LogP contribution in [-0.4, -0.2) is 45.8 Å². The first-order valence-electron chi connectivity index (χ1n) is 5.45. The molecule has 0 amide bonds. The average Bonchev–Trinajstić information content (AvgIpc) is 2.36. The van der Waals surface area contributed by atoms with Crippen molar-refractivity contribution >= 4 is 102 Å². The minimum absolute atomic E-state index is 0. The van der Waals surface area contributed by atoms with Gasteiger partial charge in [0, 0.05) is 0 Å². The molecular formula is C7H22Cl10O5P2Zr3. The topological polar surface area (TPSA) is 98.0 Å². The predicted molar refractivity (Wildman–Crippen MR) is 120 cm³/mol. The van der Waals surface area contributed by atoms with Crippen LogP contribution in [0, 0.1) is 0 Å². The molecule has 172 valence electrons. The van der Waals surface area contributed by atoms with E-state index < -0.39 is 64.0 Å². The number of aliphatic hydroxyl groups excluding tert-OH is 4. The van der Waals surface area contributed by atoms with Gasteiger partial charge in [0.15, 0.2) is 8.15 Å². The number of aliphatic hydroxyl groups is 4. The fourth-order valence-corrected chi connectivity index (χ4v) is 0. The third kappa shape index (κ3) is 290. The SMILES string of the molecule is C.CC(O)CO.CC(O)CO.O=PP.[Cl][Zr]([Cl])([Cl])[Cl].[Cl][Zr]([Cl])[Cl].[Cl][Zr]([Cl])[Cl]. The van der Waals surface area contributed by atoms with E-state index in [9.17, 15) is 0 Å². The Bertz CT molecular complexity index is 220. The Morgan fingerprint density at radius 1 is 0.852 bits per heavy atom. The van der Waals surface area contributed by atoms with Gasteiger partial charge in [0.2, 0.25) is 0 Å². The second kappa shape index (κ2) is 42.1. The normalized spacial score (nSPS) is 10.6. The van der Waals surface area contributed by atoms with Gasteiger partial charge >= 0.3 is 137 Å². The molecule has 0 fully saturated rings. The molecule has 0 aliphatic rings. The zero-order valence-corrected chi connectivity index (χ0v) is 30.1. The molecule has 0 spiro atoms. The van der Waals surface area contributed by atoms with Crippen molar-refractivity contribution in [1.29, 1.82) is 0 Å². The van der Waals surface area contributed by atoms with E-state index in [4.69, 9.17) is 110 Å². The van der Waals surface area contributed by atoms with Gasteiger partial charge in [-0.05, 0) is 22.8 Å². The molecule has 0 bridgehead atoms. The van der Waals surface area contributed by atoms with Crippen molar-refractivity contribution < 1.29 is 76.8 Å². The van der Waals surface area contributed by atoms with Gasteiger partial charge in [-0.1, -0.05) is 7.43 Å². The van der Waals surface area contributed by atoms with Gasteiger partial charge < -0.3 is 20.4 Å². The van der Waals surface area contributed by atoms with Gasteiger partial charge in [0.25, 0.3) is 0 Å². The molecule has 27 heavy (non-hydrogen) atoms. The van der Waals surface area contributed by atoms with E-state index in [1.54, 1.807) is 0 Å². The van der Waals surface area contributed by atoms with Crippen molar-refractivity contribution in [1.82, 2.24) is 0 Å². The van der Waals surface area contributed by atoms with Crippen LogP contribution in [0.2, 0.25) is 0 Å². The first kappa shape index (κ1) is 49.9. The van der Waals surface area contributed by atoms with E-state index in [2.05, 4.69) is 0 Å².